The highest BCUT2D eigenvalue weighted by atomic mass is 15.1. The minimum absolute atomic E-state index is 1.13. The third-order valence-electron chi connectivity index (χ3n) is 9.95. The van der Waals surface area contributed by atoms with Crippen molar-refractivity contribution in [1.29, 1.82) is 0 Å². The molecule has 0 heterocycles. The number of benzene rings is 10. The maximum Gasteiger partial charge on any atom is 0.0546 e. The van der Waals surface area contributed by atoms with Crippen molar-refractivity contribution in [1.82, 2.24) is 0 Å². The van der Waals surface area contributed by atoms with Gasteiger partial charge in [-0.2, -0.15) is 0 Å². The smallest absolute Gasteiger partial charge is 0.0546 e. The van der Waals surface area contributed by atoms with E-state index in [1.807, 2.05) is 0 Å². The second kappa shape index (κ2) is 10.2. The van der Waals surface area contributed by atoms with Gasteiger partial charge in [-0.1, -0.05) is 146 Å². The molecule has 0 spiro atoms. The Bertz CT molecular complexity index is 2810. The molecule has 0 unspecified atom stereocenters. The van der Waals surface area contributed by atoms with Gasteiger partial charge >= 0.3 is 0 Å². The number of hydrogen-bond donors (Lipinski definition) is 0. The molecule has 0 aliphatic heterocycles. The minimum atomic E-state index is 1.13. The Morgan fingerprint density at radius 2 is 0.745 bits per heavy atom. The van der Waals surface area contributed by atoms with Gasteiger partial charge in [-0.15, -0.1) is 0 Å². The van der Waals surface area contributed by atoms with Crippen LogP contribution in [0, 0.1) is 0 Å². The molecule has 0 atom stereocenters. The first-order valence-electron chi connectivity index (χ1n) is 16.3. The molecule has 1 heteroatoms. The van der Waals surface area contributed by atoms with E-state index in [0.717, 1.165) is 11.4 Å². The summed E-state index contributed by atoms with van der Waals surface area (Å²) in [5.41, 5.74) is 3.44. The molecule has 1 nitrogen and oxygen atoms in total. The van der Waals surface area contributed by atoms with Crippen LogP contribution < -0.4 is 4.90 Å². The van der Waals surface area contributed by atoms with E-state index < -0.39 is 0 Å². The number of fused-ring (bicyclic) bond motifs is 13. The normalized spacial score (nSPS) is 11.8. The lowest BCUT2D eigenvalue weighted by Gasteiger charge is -2.28. The van der Waals surface area contributed by atoms with E-state index in [4.69, 9.17) is 0 Å². The van der Waals surface area contributed by atoms with Crippen LogP contribution in [-0.2, 0) is 0 Å². The number of rotatable bonds is 3. The van der Waals surface area contributed by atoms with Crippen LogP contribution in [0.1, 0.15) is 0 Å². The van der Waals surface area contributed by atoms with Crippen LogP contribution >= 0.6 is 0 Å². The van der Waals surface area contributed by atoms with Gasteiger partial charge in [0.25, 0.3) is 0 Å². The number of hydrogen-bond acceptors (Lipinski definition) is 1. The Morgan fingerprint density at radius 1 is 0.255 bits per heavy atom. The maximum absolute atomic E-state index is 2.44. The molecule has 0 radical (unpaired) electrons. The van der Waals surface area contributed by atoms with Crippen LogP contribution in [0.3, 0.4) is 0 Å². The highest BCUT2D eigenvalue weighted by Gasteiger charge is 2.20. The fraction of sp³-hybridized carbons (Fsp3) is 0. The Balaban J connectivity index is 1.32. The summed E-state index contributed by atoms with van der Waals surface area (Å²) in [7, 11) is 0. The van der Waals surface area contributed by atoms with Crippen molar-refractivity contribution < 1.29 is 0 Å². The van der Waals surface area contributed by atoms with Crippen LogP contribution in [0.4, 0.5) is 17.1 Å². The zero-order chi connectivity index (χ0) is 30.9. The largest absolute Gasteiger partial charge is 0.310 e. The predicted molar refractivity (Wildman–Crippen MR) is 204 cm³/mol. The summed E-state index contributed by atoms with van der Waals surface area (Å²) in [5.74, 6) is 0. The summed E-state index contributed by atoms with van der Waals surface area (Å²) in [4.78, 5) is 2.44. The van der Waals surface area contributed by atoms with Crippen molar-refractivity contribution >= 4 is 92.5 Å². The molecule has 0 fully saturated rings. The summed E-state index contributed by atoms with van der Waals surface area (Å²) in [5, 5.41) is 17.9. The molecule has 0 amide bonds. The summed E-state index contributed by atoms with van der Waals surface area (Å²) in [6, 6.07) is 64.6. The Hall–Kier alpha value is -6.18. The van der Waals surface area contributed by atoms with Crippen LogP contribution in [-0.4, -0.2) is 0 Å². The predicted octanol–water partition coefficient (Wildman–Crippen LogP) is 13.2. The van der Waals surface area contributed by atoms with Gasteiger partial charge in [-0.05, 0) is 100 Å². The van der Waals surface area contributed by atoms with Crippen molar-refractivity contribution in [2.24, 2.45) is 0 Å². The molecule has 10 aromatic carbocycles. The number of para-hydroxylation sites is 1. The third-order valence-corrected chi connectivity index (χ3v) is 9.95. The van der Waals surface area contributed by atoms with Gasteiger partial charge < -0.3 is 4.90 Å². The Kier molecular flexibility index (Phi) is 5.64. The van der Waals surface area contributed by atoms with Crippen LogP contribution in [0.25, 0.3) is 75.4 Å². The van der Waals surface area contributed by atoms with Crippen molar-refractivity contribution in [3.05, 3.63) is 176 Å². The van der Waals surface area contributed by atoms with E-state index >= 15 is 0 Å². The highest BCUT2D eigenvalue weighted by molar-refractivity contribution is 6.30. The highest BCUT2D eigenvalue weighted by Crippen LogP contribution is 2.46. The average Bonchev–Trinajstić information content (AvgIpc) is 3.15. The molecule has 0 bridgehead atoms. The van der Waals surface area contributed by atoms with Gasteiger partial charge in [0.05, 0.1) is 5.69 Å². The van der Waals surface area contributed by atoms with E-state index in [9.17, 15) is 0 Å². The van der Waals surface area contributed by atoms with Gasteiger partial charge in [0.1, 0.15) is 0 Å². The average molecular weight is 596 g/mol. The lowest BCUT2D eigenvalue weighted by atomic mass is 9.91. The number of nitrogens with zero attached hydrogens (tertiary/aromatic N) is 1. The third kappa shape index (κ3) is 3.90. The SMILES string of the molecule is c1ccc(N(c2ccc3c4ccccc4c4ccccc4c3c2)c2cc3ccc4ccc5ccccc5c4c3c3ccccc23)cc1. The minimum Gasteiger partial charge on any atom is -0.310 e. The van der Waals surface area contributed by atoms with Crippen molar-refractivity contribution in [3.63, 3.8) is 0 Å². The molecular formula is C46H29N. The first-order chi connectivity index (χ1) is 23.3. The summed E-state index contributed by atoms with van der Waals surface area (Å²) >= 11 is 0. The molecule has 0 saturated carbocycles. The standard InChI is InChI=1S/C46H29N/c1-2-13-33(14-3-1)47(34-26-27-40-38-18-7-6-16-36(38)37-17-8-9-19-39(37)43(40)29-34)44-28-32-25-24-31-23-22-30-12-4-5-15-35(30)45(31)46(32)42-21-11-10-20-41(42)44/h1-29H. The molecule has 0 saturated heterocycles. The quantitative estimate of drug-likeness (QED) is 0.184. The first kappa shape index (κ1) is 26.1. The second-order valence-electron chi connectivity index (χ2n) is 12.5. The summed E-state index contributed by atoms with van der Waals surface area (Å²) < 4.78 is 0. The molecule has 0 N–H and O–H groups in total. The Morgan fingerprint density at radius 3 is 1.45 bits per heavy atom. The van der Waals surface area contributed by atoms with E-state index in [0.29, 0.717) is 0 Å². The zero-order valence-electron chi connectivity index (χ0n) is 25.7. The van der Waals surface area contributed by atoms with Gasteiger partial charge in [-0.3, -0.25) is 0 Å². The summed E-state index contributed by atoms with van der Waals surface area (Å²) in [6.45, 7) is 0. The van der Waals surface area contributed by atoms with E-state index in [-0.39, 0.29) is 0 Å². The first-order valence-corrected chi connectivity index (χ1v) is 16.3. The fourth-order valence-corrected chi connectivity index (χ4v) is 7.90. The van der Waals surface area contributed by atoms with E-state index in [1.54, 1.807) is 0 Å². The van der Waals surface area contributed by atoms with Crippen LogP contribution in [0.5, 0.6) is 0 Å². The molecule has 10 rings (SSSR count). The maximum atomic E-state index is 2.44. The second-order valence-corrected chi connectivity index (χ2v) is 12.5. The van der Waals surface area contributed by atoms with E-state index in [2.05, 4.69) is 181 Å². The zero-order valence-corrected chi connectivity index (χ0v) is 25.7. The monoisotopic (exact) mass is 595 g/mol. The van der Waals surface area contributed by atoms with Crippen molar-refractivity contribution in [2.75, 3.05) is 4.90 Å². The van der Waals surface area contributed by atoms with Gasteiger partial charge in [-0.25, -0.2) is 0 Å². The van der Waals surface area contributed by atoms with Crippen LogP contribution in [0.15, 0.2) is 176 Å². The Labute approximate surface area is 272 Å². The van der Waals surface area contributed by atoms with Crippen molar-refractivity contribution in [3.8, 4) is 0 Å². The van der Waals surface area contributed by atoms with Crippen LogP contribution in [0.2, 0.25) is 0 Å². The summed E-state index contributed by atoms with van der Waals surface area (Å²) in [6.07, 6.45) is 0. The molecule has 0 aliphatic carbocycles. The molecule has 0 aliphatic rings. The van der Waals surface area contributed by atoms with E-state index in [1.165, 1.54) is 81.1 Å². The molecular weight excluding hydrogens is 567 g/mol. The van der Waals surface area contributed by atoms with Crippen molar-refractivity contribution in [2.45, 2.75) is 0 Å². The molecule has 218 valence electrons. The van der Waals surface area contributed by atoms with Gasteiger partial charge in [0, 0.05) is 16.8 Å². The van der Waals surface area contributed by atoms with Gasteiger partial charge in [0.15, 0.2) is 0 Å². The number of anilines is 3. The lowest BCUT2D eigenvalue weighted by Crippen LogP contribution is -2.10. The topological polar surface area (TPSA) is 3.24 Å². The van der Waals surface area contributed by atoms with Gasteiger partial charge in [0.2, 0.25) is 0 Å². The molecule has 47 heavy (non-hydrogen) atoms. The lowest BCUT2D eigenvalue weighted by molar-refractivity contribution is 1.31. The fourth-order valence-electron chi connectivity index (χ4n) is 7.90. The molecule has 0 aromatic heterocycles. The molecule has 10 aromatic rings.